The van der Waals surface area contributed by atoms with Gasteiger partial charge in [0.05, 0.1) is 24.4 Å². The summed E-state index contributed by atoms with van der Waals surface area (Å²) in [4.78, 5) is 24.5. The first-order valence-electron chi connectivity index (χ1n) is 9.29. The van der Waals surface area contributed by atoms with Crippen molar-refractivity contribution in [3.8, 4) is 11.5 Å². The van der Waals surface area contributed by atoms with Gasteiger partial charge >= 0.3 is 5.97 Å². The van der Waals surface area contributed by atoms with Crippen LogP contribution in [0.1, 0.15) is 17.3 Å². The second-order valence-corrected chi connectivity index (χ2v) is 6.08. The second kappa shape index (κ2) is 9.94. The fourth-order valence-corrected chi connectivity index (χ4v) is 2.67. The molecule has 0 unspecified atom stereocenters. The van der Waals surface area contributed by atoms with E-state index in [0.29, 0.717) is 28.4 Å². The Morgan fingerprint density at radius 2 is 1.48 bits per heavy atom. The van der Waals surface area contributed by atoms with Crippen LogP contribution in [-0.4, -0.2) is 25.0 Å². The normalized spacial score (nSPS) is 10.1. The highest BCUT2D eigenvalue weighted by Gasteiger charge is 2.13. The highest BCUT2D eigenvalue weighted by atomic mass is 16.5. The molecule has 0 aliphatic carbocycles. The van der Waals surface area contributed by atoms with Crippen LogP contribution in [0.15, 0.2) is 78.9 Å². The number of hydrogen-bond donors (Lipinski definition) is 2. The zero-order valence-corrected chi connectivity index (χ0v) is 16.1. The van der Waals surface area contributed by atoms with Crippen LogP contribution < -0.4 is 15.4 Å². The van der Waals surface area contributed by atoms with Crippen LogP contribution in [0.5, 0.6) is 11.5 Å². The van der Waals surface area contributed by atoms with Crippen molar-refractivity contribution >= 4 is 23.3 Å². The van der Waals surface area contributed by atoms with E-state index in [1.54, 1.807) is 43.3 Å². The lowest BCUT2D eigenvalue weighted by atomic mass is 10.2. The topological polar surface area (TPSA) is 76.7 Å². The molecule has 0 fully saturated rings. The van der Waals surface area contributed by atoms with Gasteiger partial charge in [0.15, 0.2) is 5.75 Å². The SMILES string of the molecule is CCOC(=O)c1ccccc1NCC(=O)Nc1ccccc1Oc1ccccc1. The van der Waals surface area contributed by atoms with Crippen molar-refractivity contribution in [3.05, 3.63) is 84.4 Å². The Balaban J connectivity index is 1.65. The Kier molecular flexibility index (Phi) is 6.84. The summed E-state index contributed by atoms with van der Waals surface area (Å²) >= 11 is 0. The number of benzene rings is 3. The van der Waals surface area contributed by atoms with Gasteiger partial charge in [-0.15, -0.1) is 0 Å². The van der Waals surface area contributed by atoms with Gasteiger partial charge in [0, 0.05) is 5.69 Å². The third-order valence-corrected chi connectivity index (χ3v) is 3.99. The fourth-order valence-electron chi connectivity index (χ4n) is 2.67. The minimum atomic E-state index is -0.433. The van der Waals surface area contributed by atoms with Crippen LogP contribution in [0.4, 0.5) is 11.4 Å². The zero-order valence-electron chi connectivity index (χ0n) is 16.1. The number of carbonyl (C=O) groups is 2. The summed E-state index contributed by atoms with van der Waals surface area (Å²) in [5.74, 6) is 0.514. The molecule has 0 saturated carbocycles. The van der Waals surface area contributed by atoms with Gasteiger partial charge in [-0.1, -0.05) is 42.5 Å². The van der Waals surface area contributed by atoms with Gasteiger partial charge in [-0.25, -0.2) is 4.79 Å². The van der Waals surface area contributed by atoms with E-state index in [4.69, 9.17) is 9.47 Å². The van der Waals surface area contributed by atoms with E-state index < -0.39 is 5.97 Å². The molecule has 0 radical (unpaired) electrons. The molecule has 1 amide bonds. The molecule has 0 atom stereocenters. The number of nitrogens with one attached hydrogen (secondary N) is 2. The van der Waals surface area contributed by atoms with Gasteiger partial charge in [0.2, 0.25) is 5.91 Å². The van der Waals surface area contributed by atoms with Crippen LogP contribution >= 0.6 is 0 Å². The number of carbonyl (C=O) groups excluding carboxylic acids is 2. The Morgan fingerprint density at radius 1 is 0.828 bits per heavy atom. The molecule has 148 valence electrons. The minimum absolute atomic E-state index is 0.0178. The maximum Gasteiger partial charge on any atom is 0.340 e. The average molecular weight is 390 g/mol. The predicted molar refractivity (Wildman–Crippen MR) is 112 cm³/mol. The Labute approximate surface area is 169 Å². The monoisotopic (exact) mass is 390 g/mol. The molecule has 2 N–H and O–H groups in total. The number of ether oxygens (including phenoxy) is 2. The minimum Gasteiger partial charge on any atom is -0.462 e. The van der Waals surface area contributed by atoms with E-state index in [9.17, 15) is 9.59 Å². The first-order valence-corrected chi connectivity index (χ1v) is 9.29. The largest absolute Gasteiger partial charge is 0.462 e. The van der Waals surface area contributed by atoms with Crippen LogP contribution in [0, 0.1) is 0 Å². The predicted octanol–water partition coefficient (Wildman–Crippen LogP) is 4.71. The first-order chi connectivity index (χ1) is 14.2. The molecule has 0 aliphatic heterocycles. The molecular weight excluding hydrogens is 368 g/mol. The standard InChI is InChI=1S/C23H22N2O4/c1-2-28-23(27)18-12-6-7-13-19(18)24-16-22(26)25-20-14-8-9-15-21(20)29-17-10-4-3-5-11-17/h3-15,24H,2,16H2,1H3,(H,25,26). The van der Waals surface area contributed by atoms with Gasteiger partial charge in [-0.05, 0) is 43.3 Å². The van der Waals surface area contributed by atoms with Gasteiger partial charge in [0.25, 0.3) is 0 Å². The molecule has 0 aliphatic rings. The molecule has 6 heteroatoms. The van der Waals surface area contributed by atoms with Gasteiger partial charge in [0.1, 0.15) is 5.75 Å². The quantitative estimate of drug-likeness (QED) is 0.545. The van der Waals surface area contributed by atoms with Crippen molar-refractivity contribution in [3.63, 3.8) is 0 Å². The lowest BCUT2D eigenvalue weighted by Crippen LogP contribution is -2.23. The fraction of sp³-hybridized carbons (Fsp3) is 0.130. The summed E-state index contributed by atoms with van der Waals surface area (Å²) in [6.07, 6.45) is 0. The van der Waals surface area contributed by atoms with Crippen molar-refractivity contribution < 1.29 is 19.1 Å². The summed E-state index contributed by atoms with van der Waals surface area (Å²) in [5.41, 5.74) is 1.48. The first kappa shape index (κ1) is 19.9. The van der Waals surface area contributed by atoms with Crippen molar-refractivity contribution in [2.45, 2.75) is 6.92 Å². The van der Waals surface area contributed by atoms with Crippen LogP contribution in [0.25, 0.3) is 0 Å². The third-order valence-electron chi connectivity index (χ3n) is 3.99. The zero-order chi connectivity index (χ0) is 20.5. The summed E-state index contributed by atoms with van der Waals surface area (Å²) < 4.78 is 10.9. The van der Waals surface area contributed by atoms with Crippen molar-refractivity contribution in [2.24, 2.45) is 0 Å². The maximum absolute atomic E-state index is 12.5. The molecule has 0 spiro atoms. The van der Waals surface area contributed by atoms with Crippen molar-refractivity contribution in [1.82, 2.24) is 0 Å². The van der Waals surface area contributed by atoms with Crippen LogP contribution in [0.2, 0.25) is 0 Å². The number of hydrogen-bond acceptors (Lipinski definition) is 5. The van der Waals surface area contributed by atoms with Crippen molar-refractivity contribution in [1.29, 1.82) is 0 Å². The molecule has 0 bridgehead atoms. The molecule has 0 heterocycles. The van der Waals surface area contributed by atoms with Gasteiger partial charge in [-0.3, -0.25) is 4.79 Å². The molecule has 3 aromatic carbocycles. The number of anilines is 2. The number of para-hydroxylation sites is 4. The van der Waals surface area contributed by atoms with E-state index in [1.807, 2.05) is 42.5 Å². The molecule has 6 nitrogen and oxygen atoms in total. The average Bonchev–Trinajstić information content (AvgIpc) is 2.75. The van der Waals surface area contributed by atoms with E-state index in [0.717, 1.165) is 0 Å². The Bertz CT molecular complexity index is 973. The van der Waals surface area contributed by atoms with E-state index >= 15 is 0 Å². The summed E-state index contributed by atoms with van der Waals surface area (Å²) in [5, 5.41) is 5.82. The van der Waals surface area contributed by atoms with E-state index in [1.165, 1.54) is 0 Å². The highest BCUT2D eigenvalue weighted by Crippen LogP contribution is 2.29. The number of amides is 1. The van der Waals surface area contributed by atoms with E-state index in [2.05, 4.69) is 10.6 Å². The number of esters is 1. The third kappa shape index (κ3) is 5.59. The van der Waals surface area contributed by atoms with Crippen LogP contribution in [0.3, 0.4) is 0 Å². The molecule has 3 rings (SSSR count). The molecule has 0 saturated heterocycles. The number of rotatable bonds is 8. The lowest BCUT2D eigenvalue weighted by Gasteiger charge is -2.14. The molecule has 29 heavy (non-hydrogen) atoms. The summed E-state index contributed by atoms with van der Waals surface area (Å²) in [6.45, 7) is 2.01. The lowest BCUT2D eigenvalue weighted by molar-refractivity contribution is -0.114. The second-order valence-electron chi connectivity index (χ2n) is 6.08. The van der Waals surface area contributed by atoms with Crippen molar-refractivity contribution in [2.75, 3.05) is 23.8 Å². The van der Waals surface area contributed by atoms with E-state index in [-0.39, 0.29) is 19.1 Å². The molecule has 0 aromatic heterocycles. The maximum atomic E-state index is 12.5. The highest BCUT2D eigenvalue weighted by molar-refractivity contribution is 5.98. The Hall–Kier alpha value is -3.80. The Morgan fingerprint density at radius 3 is 2.24 bits per heavy atom. The van der Waals surface area contributed by atoms with Gasteiger partial charge < -0.3 is 20.1 Å². The van der Waals surface area contributed by atoms with Gasteiger partial charge in [-0.2, -0.15) is 0 Å². The summed E-state index contributed by atoms with van der Waals surface area (Å²) in [7, 11) is 0. The summed E-state index contributed by atoms with van der Waals surface area (Å²) in [6, 6.07) is 23.4. The molecule has 3 aromatic rings. The molecular formula is C23H22N2O4. The smallest absolute Gasteiger partial charge is 0.340 e. The van der Waals surface area contributed by atoms with Crippen LogP contribution in [-0.2, 0) is 9.53 Å².